The van der Waals surface area contributed by atoms with Crippen LogP contribution in [0.3, 0.4) is 0 Å². The average Bonchev–Trinajstić information content (AvgIpc) is 2.32. The molecule has 2 rings (SSSR count). The van der Waals surface area contributed by atoms with Gasteiger partial charge in [-0.25, -0.2) is 0 Å². The van der Waals surface area contributed by atoms with Gasteiger partial charge in [0, 0.05) is 10.4 Å². The van der Waals surface area contributed by atoms with E-state index in [2.05, 4.69) is 4.37 Å². The summed E-state index contributed by atoms with van der Waals surface area (Å²) in [6.45, 7) is 0. The highest BCUT2D eigenvalue weighted by Crippen LogP contribution is 2.26. The zero-order valence-electron chi connectivity index (χ0n) is 5.54. The van der Waals surface area contributed by atoms with Crippen molar-refractivity contribution in [1.82, 2.24) is 4.37 Å². The molecule has 0 saturated carbocycles. The summed E-state index contributed by atoms with van der Waals surface area (Å²) in [5, 5.41) is 2.43. The molecule has 2 aromatic rings. The molecule has 1 aromatic carbocycles. The Hall–Kier alpha value is -0.800. The number of aromatic nitrogens is 1. The van der Waals surface area contributed by atoms with Crippen LogP contribution >= 0.6 is 23.1 Å². The van der Waals surface area contributed by atoms with Gasteiger partial charge < -0.3 is 5.73 Å². The highest BCUT2D eigenvalue weighted by molar-refractivity contribution is 7.11. The Labute approximate surface area is 72.8 Å². The van der Waals surface area contributed by atoms with Gasteiger partial charge >= 0.3 is 0 Å². The SMILES string of the molecule is Nc1snc2cc(Cl)ccc12. The van der Waals surface area contributed by atoms with E-state index in [1.165, 1.54) is 11.5 Å². The quantitative estimate of drug-likeness (QED) is 0.684. The Kier molecular flexibility index (Phi) is 1.47. The minimum absolute atomic E-state index is 0.697. The molecule has 0 fully saturated rings. The number of nitrogens with two attached hydrogens (primary N) is 1. The van der Waals surface area contributed by atoms with Crippen molar-refractivity contribution in [1.29, 1.82) is 0 Å². The van der Waals surface area contributed by atoms with Gasteiger partial charge in [0.25, 0.3) is 0 Å². The molecule has 1 aromatic heterocycles. The third kappa shape index (κ3) is 1.06. The van der Waals surface area contributed by atoms with Crippen molar-refractivity contribution in [3.8, 4) is 0 Å². The number of rotatable bonds is 0. The molecule has 0 bridgehead atoms. The second-order valence-corrected chi connectivity index (χ2v) is 3.45. The highest BCUT2D eigenvalue weighted by atomic mass is 35.5. The number of nitrogen functional groups attached to an aromatic ring is 1. The van der Waals surface area contributed by atoms with Crippen molar-refractivity contribution in [2.75, 3.05) is 5.73 Å². The van der Waals surface area contributed by atoms with Crippen LogP contribution in [-0.4, -0.2) is 4.37 Å². The van der Waals surface area contributed by atoms with Crippen molar-refractivity contribution in [3.05, 3.63) is 23.2 Å². The fourth-order valence-electron chi connectivity index (χ4n) is 0.936. The van der Waals surface area contributed by atoms with Crippen LogP contribution in [0.25, 0.3) is 10.9 Å². The van der Waals surface area contributed by atoms with E-state index in [0.717, 1.165) is 15.9 Å². The standard InChI is InChI=1S/C7H5ClN2S/c8-4-1-2-5-6(3-4)10-11-7(5)9/h1-3H,9H2. The summed E-state index contributed by atoms with van der Waals surface area (Å²) in [4.78, 5) is 0. The van der Waals surface area contributed by atoms with E-state index in [1.807, 2.05) is 18.2 Å². The zero-order chi connectivity index (χ0) is 7.84. The highest BCUT2D eigenvalue weighted by Gasteiger charge is 2.01. The Balaban J connectivity index is 2.86. The maximum absolute atomic E-state index is 5.75. The van der Waals surface area contributed by atoms with Gasteiger partial charge in [0.15, 0.2) is 0 Å². The van der Waals surface area contributed by atoms with Crippen LogP contribution in [0.4, 0.5) is 5.00 Å². The first-order valence-electron chi connectivity index (χ1n) is 3.08. The van der Waals surface area contributed by atoms with Gasteiger partial charge in [-0.2, -0.15) is 4.37 Å². The van der Waals surface area contributed by atoms with Gasteiger partial charge in [-0.15, -0.1) is 0 Å². The van der Waals surface area contributed by atoms with Crippen LogP contribution in [0.1, 0.15) is 0 Å². The van der Waals surface area contributed by atoms with Crippen LogP contribution in [0, 0.1) is 0 Å². The topological polar surface area (TPSA) is 38.9 Å². The monoisotopic (exact) mass is 184 g/mol. The largest absolute Gasteiger partial charge is 0.389 e. The number of anilines is 1. The van der Waals surface area contributed by atoms with E-state index in [9.17, 15) is 0 Å². The molecule has 0 atom stereocenters. The Morgan fingerprint density at radius 1 is 1.45 bits per heavy atom. The summed E-state index contributed by atoms with van der Waals surface area (Å²) >= 11 is 7.05. The van der Waals surface area contributed by atoms with Gasteiger partial charge in [-0.1, -0.05) is 11.6 Å². The van der Waals surface area contributed by atoms with E-state index in [-0.39, 0.29) is 0 Å². The molecule has 0 radical (unpaired) electrons. The number of nitrogens with zero attached hydrogens (tertiary/aromatic N) is 1. The summed E-state index contributed by atoms with van der Waals surface area (Å²) < 4.78 is 4.11. The number of halogens is 1. The maximum atomic E-state index is 5.75. The van der Waals surface area contributed by atoms with Gasteiger partial charge in [0.05, 0.1) is 5.52 Å². The molecule has 0 aliphatic carbocycles. The van der Waals surface area contributed by atoms with Gasteiger partial charge in [-0.3, -0.25) is 0 Å². The summed E-state index contributed by atoms with van der Waals surface area (Å²) in [5.74, 6) is 0. The molecule has 0 spiro atoms. The molecule has 56 valence electrons. The Morgan fingerprint density at radius 3 is 3.09 bits per heavy atom. The van der Waals surface area contributed by atoms with Crippen LogP contribution in [0.5, 0.6) is 0 Å². The first-order chi connectivity index (χ1) is 5.27. The first-order valence-corrected chi connectivity index (χ1v) is 4.23. The number of hydrogen-bond acceptors (Lipinski definition) is 3. The van der Waals surface area contributed by atoms with E-state index in [4.69, 9.17) is 17.3 Å². The zero-order valence-corrected chi connectivity index (χ0v) is 7.12. The molecule has 4 heteroatoms. The smallest absolute Gasteiger partial charge is 0.114 e. The lowest BCUT2D eigenvalue weighted by Crippen LogP contribution is -1.77. The maximum Gasteiger partial charge on any atom is 0.114 e. The number of fused-ring (bicyclic) bond motifs is 1. The average molecular weight is 185 g/mol. The Bertz CT molecular complexity index is 396. The van der Waals surface area contributed by atoms with Gasteiger partial charge in [0.2, 0.25) is 0 Å². The molecule has 2 N–H and O–H groups in total. The lowest BCUT2D eigenvalue weighted by molar-refractivity contribution is 1.66. The van der Waals surface area contributed by atoms with E-state index < -0.39 is 0 Å². The number of hydrogen-bond donors (Lipinski definition) is 1. The summed E-state index contributed by atoms with van der Waals surface area (Å²) in [6.07, 6.45) is 0. The Morgan fingerprint density at radius 2 is 2.27 bits per heavy atom. The minimum atomic E-state index is 0.697. The molecular formula is C7H5ClN2S. The second kappa shape index (κ2) is 2.36. The summed E-state index contributed by atoms with van der Waals surface area (Å²) in [6, 6.07) is 5.51. The predicted octanol–water partition coefficient (Wildman–Crippen LogP) is 2.53. The van der Waals surface area contributed by atoms with Crippen LogP contribution in [-0.2, 0) is 0 Å². The van der Waals surface area contributed by atoms with Gasteiger partial charge in [-0.05, 0) is 29.7 Å². The summed E-state index contributed by atoms with van der Waals surface area (Å²) in [5.41, 5.74) is 6.51. The second-order valence-electron chi connectivity index (χ2n) is 2.21. The molecule has 0 amide bonds. The summed E-state index contributed by atoms with van der Waals surface area (Å²) in [7, 11) is 0. The molecular weight excluding hydrogens is 180 g/mol. The fourth-order valence-corrected chi connectivity index (χ4v) is 1.72. The van der Waals surface area contributed by atoms with E-state index in [1.54, 1.807) is 0 Å². The number of benzene rings is 1. The first kappa shape index (κ1) is 6.88. The van der Waals surface area contributed by atoms with E-state index >= 15 is 0 Å². The minimum Gasteiger partial charge on any atom is -0.389 e. The lowest BCUT2D eigenvalue weighted by atomic mass is 10.2. The molecule has 0 unspecified atom stereocenters. The van der Waals surface area contributed by atoms with Crippen molar-refractivity contribution >= 4 is 39.0 Å². The fraction of sp³-hybridized carbons (Fsp3) is 0. The molecule has 0 aliphatic rings. The normalized spacial score (nSPS) is 10.6. The third-order valence-corrected chi connectivity index (χ3v) is 2.41. The molecule has 0 aliphatic heterocycles. The third-order valence-electron chi connectivity index (χ3n) is 1.47. The lowest BCUT2D eigenvalue weighted by Gasteiger charge is -1.89. The van der Waals surface area contributed by atoms with Gasteiger partial charge in [0.1, 0.15) is 5.00 Å². The molecule has 2 nitrogen and oxygen atoms in total. The van der Waals surface area contributed by atoms with Crippen molar-refractivity contribution in [2.45, 2.75) is 0 Å². The molecule has 0 saturated heterocycles. The van der Waals surface area contributed by atoms with E-state index in [0.29, 0.717) is 5.02 Å². The van der Waals surface area contributed by atoms with Crippen LogP contribution < -0.4 is 5.73 Å². The van der Waals surface area contributed by atoms with Crippen molar-refractivity contribution in [3.63, 3.8) is 0 Å². The van der Waals surface area contributed by atoms with Crippen molar-refractivity contribution < 1.29 is 0 Å². The molecule has 1 heterocycles. The molecule has 11 heavy (non-hydrogen) atoms. The van der Waals surface area contributed by atoms with Crippen LogP contribution in [0.15, 0.2) is 18.2 Å². The predicted molar refractivity (Wildman–Crippen MR) is 49.0 cm³/mol. The van der Waals surface area contributed by atoms with Crippen molar-refractivity contribution in [2.24, 2.45) is 0 Å². The van der Waals surface area contributed by atoms with Crippen LogP contribution in [0.2, 0.25) is 5.02 Å².